The summed E-state index contributed by atoms with van der Waals surface area (Å²) in [5, 5.41) is 47.7. The molecule has 0 radical (unpaired) electrons. The third-order valence-electron chi connectivity index (χ3n) is 16.3. The molecule has 0 saturated carbocycles. The number of carboxylic acids is 4. The molecule has 21 nitrogen and oxygen atoms in total. The maximum absolute atomic E-state index is 14.9. The maximum atomic E-state index is 14.9. The number of aliphatic carboxylic acids is 4. The Morgan fingerprint density at radius 2 is 1.06 bits per heavy atom. The highest BCUT2D eigenvalue weighted by Crippen LogP contribution is 2.46. The average molecular weight is 1200 g/mol. The van der Waals surface area contributed by atoms with Crippen molar-refractivity contribution in [1.29, 1.82) is 0 Å². The number of esters is 1. The van der Waals surface area contributed by atoms with Crippen LogP contribution in [0.1, 0.15) is 97.8 Å². The van der Waals surface area contributed by atoms with Gasteiger partial charge in [0.05, 0.1) is 17.2 Å². The maximum Gasteiger partial charge on any atom is 0.508 e. The van der Waals surface area contributed by atoms with Crippen molar-refractivity contribution in [3.8, 4) is 56.8 Å². The molecular weight excluding hydrogens is 1120 g/mol. The molecule has 0 spiro atoms. The van der Waals surface area contributed by atoms with Crippen LogP contribution in [-0.2, 0) is 57.7 Å². The molecule has 4 N–H and O–H groups in total. The van der Waals surface area contributed by atoms with Crippen molar-refractivity contribution < 1.29 is 76.8 Å². The second-order valence-corrected chi connectivity index (χ2v) is 23.5. The van der Waals surface area contributed by atoms with Crippen molar-refractivity contribution in [3.63, 3.8) is 0 Å². The fourth-order valence-electron chi connectivity index (χ4n) is 11.3. The van der Waals surface area contributed by atoms with E-state index in [1.54, 1.807) is 58.9 Å². The number of carbonyl (C=O) groups excluding carboxylic acids is 2. The number of halogens is 1. The highest BCUT2D eigenvalue weighted by molar-refractivity contribution is 5.99. The van der Waals surface area contributed by atoms with Crippen molar-refractivity contribution in [2.24, 2.45) is 16.7 Å². The van der Waals surface area contributed by atoms with E-state index in [4.69, 9.17) is 23.3 Å². The van der Waals surface area contributed by atoms with E-state index in [1.165, 1.54) is 18.6 Å². The molecule has 458 valence electrons. The van der Waals surface area contributed by atoms with Gasteiger partial charge >= 0.3 is 36.0 Å². The van der Waals surface area contributed by atoms with E-state index in [1.807, 2.05) is 88.7 Å². The number of nitrogens with zero attached hydrogens (tertiary/aromatic N) is 6. The van der Waals surface area contributed by atoms with Gasteiger partial charge in [-0.1, -0.05) is 121 Å². The molecule has 0 amide bonds. The van der Waals surface area contributed by atoms with Gasteiger partial charge in [0.2, 0.25) is 11.6 Å². The first-order valence-electron chi connectivity index (χ1n) is 28.5. The Bertz CT molecular complexity index is 3560. The summed E-state index contributed by atoms with van der Waals surface area (Å²) < 4.78 is 41.7. The molecule has 2 aromatic heterocycles. The summed E-state index contributed by atoms with van der Waals surface area (Å²) in [7, 11) is 0. The number of likely N-dealkylation sites (tertiary alicyclic amines) is 2. The quantitative estimate of drug-likeness (QED) is 0.0407. The molecule has 87 heavy (non-hydrogen) atoms. The number of piperidine rings is 2. The fourth-order valence-corrected chi connectivity index (χ4v) is 11.3. The van der Waals surface area contributed by atoms with E-state index >= 15 is 0 Å². The van der Waals surface area contributed by atoms with E-state index in [0.717, 1.165) is 34.2 Å². The highest BCUT2D eigenvalue weighted by atomic mass is 19.1. The number of aromatic nitrogens is 4. The molecule has 2 fully saturated rings. The van der Waals surface area contributed by atoms with Crippen molar-refractivity contribution in [2.75, 3.05) is 19.7 Å². The molecule has 7 aromatic rings. The number of carbonyl (C=O) groups is 6. The van der Waals surface area contributed by atoms with E-state index in [0.29, 0.717) is 53.2 Å². The van der Waals surface area contributed by atoms with Crippen LogP contribution in [0.3, 0.4) is 0 Å². The Hall–Kier alpha value is -9.15. The fraction of sp³-hybridized carbons (Fsp3) is 0.385. The molecule has 0 aliphatic carbocycles. The number of rotatable bonds is 20. The van der Waals surface area contributed by atoms with Crippen molar-refractivity contribution in [3.05, 3.63) is 144 Å². The van der Waals surface area contributed by atoms with Crippen molar-refractivity contribution >= 4 is 36.0 Å². The first-order chi connectivity index (χ1) is 41.2. The molecule has 9 rings (SSSR count). The number of ether oxygens (including phenoxy) is 3. The van der Waals surface area contributed by atoms with Gasteiger partial charge in [-0.05, 0) is 119 Å². The zero-order chi connectivity index (χ0) is 63.0. The molecule has 4 heterocycles. The van der Waals surface area contributed by atoms with Crippen molar-refractivity contribution in [2.45, 2.75) is 124 Å². The number of benzene rings is 5. The monoisotopic (exact) mass is 1190 g/mol. The minimum Gasteiger partial charge on any atom is -0.480 e. The van der Waals surface area contributed by atoms with Gasteiger partial charge in [0.1, 0.15) is 18.5 Å². The first-order valence-corrected chi connectivity index (χ1v) is 28.5. The molecule has 2 aliphatic rings. The molecule has 3 unspecified atom stereocenters. The Morgan fingerprint density at radius 3 is 1.55 bits per heavy atom. The van der Waals surface area contributed by atoms with Crippen LogP contribution in [0.2, 0.25) is 0 Å². The Kier molecular flexibility index (Phi) is 19.5. The van der Waals surface area contributed by atoms with Crippen LogP contribution in [0.15, 0.2) is 130 Å². The van der Waals surface area contributed by atoms with Crippen LogP contribution in [0.25, 0.3) is 56.8 Å². The molecule has 22 heteroatoms. The Balaban J connectivity index is 0.000000227. The van der Waals surface area contributed by atoms with Crippen LogP contribution in [-0.4, -0.2) is 129 Å². The predicted molar refractivity (Wildman–Crippen MR) is 315 cm³/mol. The van der Waals surface area contributed by atoms with Gasteiger partial charge in [0.15, 0.2) is 10.8 Å². The number of hydrogen-bond donors (Lipinski definition) is 4. The van der Waals surface area contributed by atoms with Crippen LogP contribution in [0.4, 0.5) is 9.18 Å². The molecular formula is C65H71FN6O15. The topological polar surface area (TPSA) is 295 Å². The zero-order valence-corrected chi connectivity index (χ0v) is 49.7. The van der Waals surface area contributed by atoms with Gasteiger partial charge in [-0.2, -0.15) is 9.97 Å². The Labute approximate surface area is 502 Å². The standard InChI is InChI=1S/C34H34FN3O8.C31H37N3O7/c1-21(2)45-32(43)44-20-33(3)19-34(30(39)40,31(41)42)15-16-38(33)18-22-9-11-24(12-10-22)28-36-29(46-37-28)25-13-14-26(27(35)17-25)23-7-5-4-6-8-23;1-19(2)16-22-6-12-25(13-7-22)27-32-26(33-41-27)24-10-8-23(9-11-24)17-34-15-14-31(28(36)37,29(38)39)18-30(34,5)20(3)40-21(4)35/h4-14,17,21H,15-16,18-20H2,1-3H3,(H,39,40)(H,41,42);6-13,19-20H,14-18H2,1-5H3,(H,36,37)(H,38,39). The lowest BCUT2D eigenvalue weighted by Gasteiger charge is -2.52. The molecule has 0 bridgehead atoms. The van der Waals surface area contributed by atoms with Crippen LogP contribution in [0, 0.1) is 22.6 Å². The largest absolute Gasteiger partial charge is 0.508 e. The summed E-state index contributed by atoms with van der Waals surface area (Å²) >= 11 is 0. The lowest BCUT2D eigenvalue weighted by molar-refractivity contribution is -0.181. The van der Waals surface area contributed by atoms with Crippen LogP contribution >= 0.6 is 0 Å². The normalized spacial score (nSPS) is 18.7. The third kappa shape index (κ3) is 14.6. The lowest BCUT2D eigenvalue weighted by Crippen LogP contribution is -2.64. The summed E-state index contributed by atoms with van der Waals surface area (Å²) in [5.41, 5.74) is 0.770. The minimum absolute atomic E-state index is 0.0672. The van der Waals surface area contributed by atoms with Crippen LogP contribution in [0.5, 0.6) is 0 Å². The van der Waals surface area contributed by atoms with Gasteiger partial charge in [-0.3, -0.25) is 33.8 Å². The molecule has 2 saturated heterocycles. The van der Waals surface area contributed by atoms with Gasteiger partial charge in [-0.25, -0.2) is 9.18 Å². The van der Waals surface area contributed by atoms with Gasteiger partial charge in [0.25, 0.3) is 11.8 Å². The molecule has 3 atom stereocenters. The number of hydrogen-bond acceptors (Lipinski definition) is 17. The zero-order valence-electron chi connectivity index (χ0n) is 49.7. The lowest BCUT2D eigenvalue weighted by atomic mass is 9.68. The summed E-state index contributed by atoms with van der Waals surface area (Å²) in [6.45, 7) is 14.9. The second kappa shape index (κ2) is 26.6. The van der Waals surface area contributed by atoms with Crippen molar-refractivity contribution in [1.82, 2.24) is 30.1 Å². The van der Waals surface area contributed by atoms with E-state index in [-0.39, 0.29) is 51.3 Å². The summed E-state index contributed by atoms with van der Waals surface area (Å²) in [4.78, 5) is 85.3. The Morgan fingerprint density at radius 1 is 0.586 bits per heavy atom. The van der Waals surface area contributed by atoms with E-state index < -0.39 is 75.9 Å². The average Bonchev–Trinajstić information content (AvgIpc) is 1.50. The van der Waals surface area contributed by atoms with E-state index in [2.05, 4.69) is 46.3 Å². The summed E-state index contributed by atoms with van der Waals surface area (Å²) in [5.74, 6) is -4.64. The minimum atomic E-state index is -2.03. The third-order valence-corrected chi connectivity index (χ3v) is 16.3. The predicted octanol–water partition coefficient (Wildman–Crippen LogP) is 11.3. The molecule has 5 aromatic carbocycles. The summed E-state index contributed by atoms with van der Waals surface area (Å²) in [6.07, 6.45) is -1.76. The van der Waals surface area contributed by atoms with Gasteiger partial charge in [0, 0.05) is 60.9 Å². The highest BCUT2D eigenvalue weighted by Gasteiger charge is 2.59. The van der Waals surface area contributed by atoms with Gasteiger partial charge < -0.3 is 43.7 Å². The smallest absolute Gasteiger partial charge is 0.480 e. The SMILES string of the molecule is CC(=O)OC(C)C1(C)CC(C(=O)O)(C(=O)O)CCN1Cc1ccc(-c2noc(-c3ccc(CC(C)C)cc3)n2)cc1.CC(C)OC(=O)OCC1(C)CC(C(=O)O)(C(=O)O)CCN1Cc1ccc(-c2noc(-c3ccc(-c4ccccc4)c(F)c3)n2)cc1. The first kappa shape index (κ1) is 63.9. The second-order valence-electron chi connectivity index (χ2n) is 23.5. The number of carboxylic acid groups (broad SMARTS) is 4. The van der Waals surface area contributed by atoms with E-state index in [9.17, 15) is 53.6 Å². The summed E-state index contributed by atoms with van der Waals surface area (Å²) in [6, 6.07) is 36.9. The van der Waals surface area contributed by atoms with Crippen LogP contribution < -0.4 is 0 Å². The van der Waals surface area contributed by atoms with Gasteiger partial charge in [-0.15, -0.1) is 0 Å². The molecule has 2 aliphatic heterocycles.